The molecule has 5 rings (SSSR count). The third-order valence-electron chi connectivity index (χ3n) is 5.37. The van der Waals surface area contributed by atoms with Gasteiger partial charge in [-0.2, -0.15) is 0 Å². The van der Waals surface area contributed by atoms with Crippen LogP contribution in [-0.2, 0) is 11.2 Å². The van der Waals surface area contributed by atoms with Crippen molar-refractivity contribution in [1.29, 1.82) is 0 Å². The first-order chi connectivity index (χ1) is 15.5. The van der Waals surface area contributed by atoms with Crippen molar-refractivity contribution in [2.24, 2.45) is 0 Å². The number of methoxy groups -OCH3 is 1. The summed E-state index contributed by atoms with van der Waals surface area (Å²) in [5.74, 6) is 1.73. The van der Waals surface area contributed by atoms with Gasteiger partial charge in [0.05, 0.1) is 18.8 Å². The smallest absolute Gasteiger partial charge is 0.262 e. The topological polar surface area (TPSA) is 90.6 Å². The Morgan fingerprint density at radius 2 is 2.06 bits per heavy atom. The van der Waals surface area contributed by atoms with Gasteiger partial charge in [0.1, 0.15) is 17.8 Å². The third-order valence-corrected chi connectivity index (χ3v) is 5.60. The molecular formula is C23H20ClN5O3. The fourth-order valence-electron chi connectivity index (χ4n) is 3.65. The maximum atomic E-state index is 12.7. The zero-order valence-corrected chi connectivity index (χ0v) is 18.2. The van der Waals surface area contributed by atoms with Crippen LogP contribution in [0.25, 0.3) is 16.9 Å². The Morgan fingerprint density at radius 3 is 2.84 bits per heavy atom. The van der Waals surface area contributed by atoms with Crippen LogP contribution in [0.1, 0.15) is 24.4 Å². The molecule has 162 valence electrons. The summed E-state index contributed by atoms with van der Waals surface area (Å²) >= 11 is 6.03. The van der Waals surface area contributed by atoms with Gasteiger partial charge >= 0.3 is 0 Å². The molecule has 1 aliphatic heterocycles. The van der Waals surface area contributed by atoms with E-state index in [1.807, 2.05) is 43.3 Å². The first kappa shape index (κ1) is 20.3. The van der Waals surface area contributed by atoms with E-state index in [2.05, 4.69) is 20.4 Å². The molecule has 1 aliphatic rings. The van der Waals surface area contributed by atoms with Gasteiger partial charge < -0.3 is 14.8 Å². The predicted molar refractivity (Wildman–Crippen MR) is 119 cm³/mol. The average molecular weight is 450 g/mol. The molecule has 2 atom stereocenters. The number of fused-ring (bicyclic) bond motifs is 2. The Bertz CT molecular complexity index is 1300. The van der Waals surface area contributed by atoms with Crippen LogP contribution in [0.15, 0.2) is 54.9 Å². The molecule has 0 aliphatic carbocycles. The zero-order valence-electron chi connectivity index (χ0n) is 17.4. The highest BCUT2D eigenvalue weighted by atomic mass is 35.5. The Hall–Kier alpha value is -3.65. The van der Waals surface area contributed by atoms with Gasteiger partial charge in [-0.15, -0.1) is 5.10 Å². The van der Waals surface area contributed by atoms with Crippen molar-refractivity contribution in [3.05, 3.63) is 71.3 Å². The summed E-state index contributed by atoms with van der Waals surface area (Å²) in [4.78, 5) is 21.8. The summed E-state index contributed by atoms with van der Waals surface area (Å²) in [5, 5.41) is 8.02. The van der Waals surface area contributed by atoms with E-state index in [9.17, 15) is 4.79 Å². The van der Waals surface area contributed by atoms with Crippen molar-refractivity contribution >= 4 is 23.2 Å². The van der Waals surface area contributed by atoms with Gasteiger partial charge in [-0.25, -0.2) is 14.5 Å². The number of halogens is 1. The first-order valence-electron chi connectivity index (χ1n) is 10.1. The van der Waals surface area contributed by atoms with E-state index in [0.29, 0.717) is 28.7 Å². The highest BCUT2D eigenvalue weighted by Crippen LogP contribution is 2.31. The summed E-state index contributed by atoms with van der Waals surface area (Å²) in [6, 6.07) is 14.4. The monoisotopic (exact) mass is 449 g/mol. The lowest BCUT2D eigenvalue weighted by Crippen LogP contribution is -2.39. The van der Waals surface area contributed by atoms with Crippen molar-refractivity contribution in [2.45, 2.75) is 25.5 Å². The first-order valence-corrected chi connectivity index (χ1v) is 10.5. The predicted octanol–water partition coefficient (Wildman–Crippen LogP) is 3.63. The molecule has 2 aromatic heterocycles. The van der Waals surface area contributed by atoms with Crippen LogP contribution in [0, 0.1) is 0 Å². The Labute approximate surface area is 189 Å². The highest BCUT2D eigenvalue weighted by molar-refractivity contribution is 6.30. The molecule has 0 radical (unpaired) electrons. The number of hydrogen-bond acceptors (Lipinski definition) is 6. The fraction of sp³-hybridized carbons (Fsp3) is 0.217. The normalized spacial score (nSPS) is 15.8. The Morgan fingerprint density at radius 1 is 1.25 bits per heavy atom. The second-order valence-electron chi connectivity index (χ2n) is 7.57. The number of nitrogens with zero attached hydrogens (tertiary/aromatic N) is 4. The van der Waals surface area contributed by atoms with Gasteiger partial charge in [0, 0.05) is 23.1 Å². The molecule has 1 N–H and O–H groups in total. The van der Waals surface area contributed by atoms with Gasteiger partial charge in [0.15, 0.2) is 17.6 Å². The van der Waals surface area contributed by atoms with Crippen LogP contribution in [0.5, 0.6) is 11.5 Å². The largest absolute Gasteiger partial charge is 0.497 e. The number of hydrogen-bond donors (Lipinski definition) is 1. The number of nitrogens with one attached hydrogen (secondary N) is 1. The molecule has 0 bridgehead atoms. The lowest BCUT2D eigenvalue weighted by molar-refractivity contribution is -0.127. The van der Waals surface area contributed by atoms with Gasteiger partial charge in [-0.05, 0) is 55.0 Å². The maximum Gasteiger partial charge on any atom is 0.262 e. The van der Waals surface area contributed by atoms with Gasteiger partial charge in [-0.3, -0.25) is 4.79 Å². The molecule has 0 saturated carbocycles. The van der Waals surface area contributed by atoms with Crippen LogP contribution in [0.4, 0.5) is 0 Å². The van der Waals surface area contributed by atoms with E-state index < -0.39 is 12.1 Å². The van der Waals surface area contributed by atoms with Crippen LogP contribution >= 0.6 is 11.6 Å². The van der Waals surface area contributed by atoms with E-state index in [1.165, 1.54) is 0 Å². The summed E-state index contributed by atoms with van der Waals surface area (Å²) in [6.45, 7) is 1.84. The SMILES string of the molecule is COc1ccc(-c2cc3nc([C@H](C)NC(=O)[C@@H]4Cc5cc(Cl)ccc5O4)nn3cn2)cc1. The van der Waals surface area contributed by atoms with Gasteiger partial charge in [0.25, 0.3) is 5.91 Å². The number of amides is 1. The van der Waals surface area contributed by atoms with Crippen molar-refractivity contribution in [1.82, 2.24) is 24.9 Å². The molecule has 0 unspecified atom stereocenters. The number of carbonyl (C=O) groups excluding carboxylic acids is 1. The quantitative estimate of drug-likeness (QED) is 0.500. The molecule has 8 nitrogen and oxygen atoms in total. The molecule has 9 heteroatoms. The number of aromatic nitrogens is 4. The van der Waals surface area contributed by atoms with Crippen LogP contribution in [-0.4, -0.2) is 38.7 Å². The summed E-state index contributed by atoms with van der Waals surface area (Å²) in [7, 11) is 1.63. The molecule has 0 fully saturated rings. The lowest BCUT2D eigenvalue weighted by atomic mass is 10.1. The average Bonchev–Trinajstić information content (AvgIpc) is 3.42. The molecule has 3 heterocycles. The zero-order chi connectivity index (χ0) is 22.2. The Kier molecular flexibility index (Phi) is 5.14. The minimum absolute atomic E-state index is 0.222. The maximum absolute atomic E-state index is 12.7. The molecule has 1 amide bonds. The minimum Gasteiger partial charge on any atom is -0.497 e. The van der Waals surface area contributed by atoms with Crippen molar-refractivity contribution in [2.75, 3.05) is 7.11 Å². The second kappa shape index (κ2) is 8.12. The summed E-state index contributed by atoms with van der Waals surface area (Å²) in [5.41, 5.74) is 3.28. The van der Waals surface area contributed by atoms with Crippen molar-refractivity contribution < 1.29 is 14.3 Å². The third kappa shape index (κ3) is 3.85. The molecule has 4 aromatic rings. The molecule has 32 heavy (non-hydrogen) atoms. The minimum atomic E-state index is -0.605. The number of ether oxygens (including phenoxy) is 2. The van der Waals surface area contributed by atoms with Crippen molar-refractivity contribution in [3.63, 3.8) is 0 Å². The number of rotatable bonds is 5. The van der Waals surface area contributed by atoms with Crippen LogP contribution in [0.3, 0.4) is 0 Å². The van der Waals surface area contributed by atoms with Gasteiger partial charge in [-0.1, -0.05) is 11.6 Å². The second-order valence-corrected chi connectivity index (χ2v) is 8.00. The van der Waals surface area contributed by atoms with Gasteiger partial charge in [0.2, 0.25) is 0 Å². The van der Waals surface area contributed by atoms with Crippen molar-refractivity contribution in [3.8, 4) is 22.8 Å². The Balaban J connectivity index is 1.30. The van der Waals surface area contributed by atoms with E-state index in [0.717, 1.165) is 22.6 Å². The van der Waals surface area contributed by atoms with Crippen LogP contribution < -0.4 is 14.8 Å². The molecule has 0 saturated heterocycles. The molecule has 0 spiro atoms. The van der Waals surface area contributed by atoms with Crippen LogP contribution in [0.2, 0.25) is 5.02 Å². The summed E-state index contributed by atoms with van der Waals surface area (Å²) in [6.07, 6.45) is 1.48. The number of benzene rings is 2. The molecule has 2 aromatic carbocycles. The lowest BCUT2D eigenvalue weighted by Gasteiger charge is -2.14. The molecular weight excluding hydrogens is 430 g/mol. The standard InChI is InChI=1S/C23H20ClN5O3/c1-13(26-23(30)20-10-15-9-16(24)5-8-19(15)32-20)22-27-21-11-18(25-12-29(21)28-22)14-3-6-17(31-2)7-4-14/h3-9,11-13,20H,10H2,1-2H3,(H,26,30)/t13-,20-/m0/s1. The summed E-state index contributed by atoms with van der Waals surface area (Å²) < 4.78 is 12.6. The fourth-order valence-corrected chi connectivity index (χ4v) is 3.84. The number of carbonyl (C=O) groups is 1. The van der Waals surface area contributed by atoms with E-state index in [4.69, 9.17) is 21.1 Å². The van der Waals surface area contributed by atoms with E-state index in [-0.39, 0.29) is 5.91 Å². The van der Waals surface area contributed by atoms with E-state index >= 15 is 0 Å². The highest BCUT2D eigenvalue weighted by Gasteiger charge is 2.30. The van der Waals surface area contributed by atoms with E-state index in [1.54, 1.807) is 30.1 Å².